The molecule has 0 bridgehead atoms. The van der Waals surface area contributed by atoms with Crippen LogP contribution in [-0.2, 0) is 0 Å². The largest absolute Gasteiger partial charge is 0.459 e. The molecule has 0 radical (unpaired) electrons. The van der Waals surface area contributed by atoms with E-state index in [2.05, 4.69) is 16.0 Å². The highest BCUT2D eigenvalue weighted by Crippen LogP contribution is 2.25. The molecule has 4 heteroatoms. The molecule has 0 amide bonds. The maximum Gasteiger partial charge on any atom is 0.152 e. The van der Waals surface area contributed by atoms with Gasteiger partial charge in [0.05, 0.1) is 0 Å². The van der Waals surface area contributed by atoms with Gasteiger partial charge in [-0.25, -0.2) is 9.97 Å². The first-order chi connectivity index (χ1) is 8.74. The van der Waals surface area contributed by atoms with Crippen LogP contribution in [0.3, 0.4) is 0 Å². The first-order valence-corrected chi connectivity index (χ1v) is 5.76. The predicted octanol–water partition coefficient (Wildman–Crippen LogP) is 2.58. The lowest BCUT2D eigenvalue weighted by molar-refractivity contribution is 0.515. The van der Waals surface area contributed by atoms with Crippen molar-refractivity contribution < 1.29 is 4.42 Å². The summed E-state index contributed by atoms with van der Waals surface area (Å²) in [6.45, 7) is 2.05. The molecule has 1 unspecified atom stereocenters. The molecule has 2 heterocycles. The fourth-order valence-electron chi connectivity index (χ4n) is 1.94. The number of nitrogens with two attached hydrogens (primary N) is 1. The fraction of sp³-hybridized carbons (Fsp3) is 0.143. The first-order valence-electron chi connectivity index (χ1n) is 5.76. The minimum atomic E-state index is -0.432. The Bertz CT molecular complexity index is 676. The van der Waals surface area contributed by atoms with Crippen LogP contribution in [0.2, 0.25) is 0 Å². The summed E-state index contributed by atoms with van der Waals surface area (Å²) < 4.78 is 5.73. The van der Waals surface area contributed by atoms with Crippen molar-refractivity contribution in [2.45, 2.75) is 13.0 Å². The maximum absolute atomic E-state index is 6.10. The first kappa shape index (κ1) is 10.9. The molecule has 2 aromatic heterocycles. The van der Waals surface area contributed by atoms with E-state index in [0.29, 0.717) is 11.6 Å². The normalized spacial score (nSPS) is 12.8. The molecule has 0 saturated carbocycles. The Morgan fingerprint density at radius 2 is 1.94 bits per heavy atom. The highest BCUT2D eigenvalue weighted by atomic mass is 16.3. The van der Waals surface area contributed by atoms with Crippen molar-refractivity contribution in [1.29, 1.82) is 0 Å². The van der Waals surface area contributed by atoms with E-state index in [4.69, 9.17) is 10.2 Å². The van der Waals surface area contributed by atoms with Gasteiger partial charge >= 0.3 is 0 Å². The van der Waals surface area contributed by atoms with Crippen LogP contribution in [0.4, 0.5) is 0 Å². The number of fused-ring (bicyclic) bond motifs is 1. The van der Waals surface area contributed by atoms with Crippen molar-refractivity contribution in [3.05, 3.63) is 59.9 Å². The van der Waals surface area contributed by atoms with Crippen molar-refractivity contribution in [2.75, 3.05) is 0 Å². The third-order valence-corrected chi connectivity index (χ3v) is 2.86. The topological polar surface area (TPSA) is 64.9 Å². The van der Waals surface area contributed by atoms with Crippen LogP contribution in [-0.4, -0.2) is 9.97 Å². The zero-order chi connectivity index (χ0) is 12.5. The molecule has 0 saturated heterocycles. The Kier molecular flexibility index (Phi) is 2.57. The molecule has 4 nitrogen and oxygen atoms in total. The average Bonchev–Trinajstić information content (AvgIpc) is 2.81. The van der Waals surface area contributed by atoms with Crippen LogP contribution in [0, 0.1) is 6.92 Å². The van der Waals surface area contributed by atoms with Crippen LogP contribution in [0.15, 0.2) is 47.1 Å². The number of aromatic nitrogens is 2. The molecule has 2 N–H and O–H groups in total. The molecule has 0 aliphatic carbocycles. The monoisotopic (exact) mass is 239 g/mol. The van der Waals surface area contributed by atoms with E-state index in [0.717, 1.165) is 11.0 Å². The zero-order valence-corrected chi connectivity index (χ0v) is 10.00. The van der Waals surface area contributed by atoms with E-state index in [9.17, 15) is 0 Å². The van der Waals surface area contributed by atoms with Gasteiger partial charge in [0.1, 0.15) is 17.4 Å². The third kappa shape index (κ3) is 1.87. The number of aryl methyl sites for hydroxylation is 1. The molecule has 3 aromatic rings. The summed E-state index contributed by atoms with van der Waals surface area (Å²) in [6, 6.07) is 9.31. The van der Waals surface area contributed by atoms with Crippen molar-refractivity contribution in [2.24, 2.45) is 5.73 Å². The molecule has 0 fully saturated rings. The van der Waals surface area contributed by atoms with E-state index >= 15 is 0 Å². The molecule has 0 spiro atoms. The van der Waals surface area contributed by atoms with Crippen LogP contribution in [0.25, 0.3) is 11.0 Å². The minimum absolute atomic E-state index is 0.432. The Morgan fingerprint density at radius 1 is 1.17 bits per heavy atom. The van der Waals surface area contributed by atoms with Crippen LogP contribution >= 0.6 is 0 Å². The van der Waals surface area contributed by atoms with Crippen molar-refractivity contribution >= 4 is 11.0 Å². The molecule has 0 aliphatic heterocycles. The van der Waals surface area contributed by atoms with Gasteiger partial charge in [-0.2, -0.15) is 0 Å². The molecule has 1 aromatic carbocycles. The molecule has 3 rings (SSSR count). The Balaban J connectivity index is 2.04. The summed E-state index contributed by atoms with van der Waals surface area (Å²) in [5.41, 5.74) is 8.13. The quantitative estimate of drug-likeness (QED) is 0.746. The summed E-state index contributed by atoms with van der Waals surface area (Å²) in [6.07, 6.45) is 3.35. The van der Waals surface area contributed by atoms with Gasteiger partial charge < -0.3 is 10.2 Å². The molecular weight excluding hydrogens is 226 g/mol. The van der Waals surface area contributed by atoms with Crippen molar-refractivity contribution in [3.8, 4) is 0 Å². The van der Waals surface area contributed by atoms with Gasteiger partial charge in [-0.1, -0.05) is 11.6 Å². The highest BCUT2D eigenvalue weighted by Gasteiger charge is 2.16. The highest BCUT2D eigenvalue weighted by molar-refractivity contribution is 5.78. The SMILES string of the molecule is Cc1ccc2oc(C(N)c3ncccn3)cc2c1. The molecular formula is C14H13N3O. The predicted molar refractivity (Wildman–Crippen MR) is 69.0 cm³/mol. The zero-order valence-electron chi connectivity index (χ0n) is 10.00. The van der Waals surface area contributed by atoms with E-state index in [-0.39, 0.29) is 0 Å². The molecule has 1 atom stereocenters. The number of furan rings is 1. The van der Waals surface area contributed by atoms with E-state index in [1.807, 2.05) is 25.1 Å². The molecule has 90 valence electrons. The van der Waals surface area contributed by atoms with Gasteiger partial charge in [0.15, 0.2) is 5.82 Å². The average molecular weight is 239 g/mol. The van der Waals surface area contributed by atoms with Gasteiger partial charge in [-0.15, -0.1) is 0 Å². The van der Waals surface area contributed by atoms with Crippen LogP contribution in [0.1, 0.15) is 23.2 Å². The summed E-state index contributed by atoms with van der Waals surface area (Å²) in [4.78, 5) is 8.29. The molecule has 0 aliphatic rings. The van der Waals surface area contributed by atoms with E-state index in [1.165, 1.54) is 5.56 Å². The fourth-order valence-corrected chi connectivity index (χ4v) is 1.94. The number of nitrogens with zero attached hydrogens (tertiary/aromatic N) is 2. The van der Waals surface area contributed by atoms with Gasteiger partial charge in [-0.3, -0.25) is 0 Å². The van der Waals surface area contributed by atoms with E-state index < -0.39 is 6.04 Å². The standard InChI is InChI=1S/C14H13N3O/c1-9-3-4-11-10(7-9)8-12(18-11)13(15)14-16-5-2-6-17-14/h2-8,13H,15H2,1H3. The minimum Gasteiger partial charge on any atom is -0.459 e. The number of benzene rings is 1. The Morgan fingerprint density at radius 3 is 2.72 bits per heavy atom. The number of hydrogen-bond acceptors (Lipinski definition) is 4. The molecule has 18 heavy (non-hydrogen) atoms. The summed E-state index contributed by atoms with van der Waals surface area (Å²) in [7, 11) is 0. The smallest absolute Gasteiger partial charge is 0.152 e. The second kappa shape index (κ2) is 4.23. The summed E-state index contributed by atoms with van der Waals surface area (Å²) in [5, 5.41) is 1.05. The summed E-state index contributed by atoms with van der Waals surface area (Å²) in [5.74, 6) is 1.25. The van der Waals surface area contributed by atoms with Gasteiger partial charge in [-0.05, 0) is 31.2 Å². The van der Waals surface area contributed by atoms with Crippen LogP contribution in [0.5, 0.6) is 0 Å². The van der Waals surface area contributed by atoms with Gasteiger partial charge in [0.25, 0.3) is 0 Å². The van der Waals surface area contributed by atoms with Crippen molar-refractivity contribution in [3.63, 3.8) is 0 Å². The maximum atomic E-state index is 6.10. The number of rotatable bonds is 2. The lowest BCUT2D eigenvalue weighted by Crippen LogP contribution is -2.14. The van der Waals surface area contributed by atoms with Crippen LogP contribution < -0.4 is 5.73 Å². The Labute approximate surface area is 104 Å². The van der Waals surface area contributed by atoms with Gasteiger partial charge in [0.2, 0.25) is 0 Å². The third-order valence-electron chi connectivity index (χ3n) is 2.86. The van der Waals surface area contributed by atoms with Gasteiger partial charge in [0, 0.05) is 17.8 Å². The second-order valence-corrected chi connectivity index (χ2v) is 4.27. The van der Waals surface area contributed by atoms with Crippen molar-refractivity contribution in [1.82, 2.24) is 9.97 Å². The lowest BCUT2D eigenvalue weighted by Gasteiger charge is -2.05. The summed E-state index contributed by atoms with van der Waals surface area (Å²) >= 11 is 0. The lowest BCUT2D eigenvalue weighted by atomic mass is 10.1. The number of hydrogen-bond donors (Lipinski definition) is 1. The second-order valence-electron chi connectivity index (χ2n) is 4.27. The Hall–Kier alpha value is -2.20. The van der Waals surface area contributed by atoms with E-state index in [1.54, 1.807) is 18.5 Å².